The van der Waals surface area contributed by atoms with Gasteiger partial charge in [-0.1, -0.05) is 42.5 Å². The normalized spacial score (nSPS) is 15.2. The lowest BCUT2D eigenvalue weighted by Crippen LogP contribution is -2.40. The molecule has 3 aromatic rings. The summed E-state index contributed by atoms with van der Waals surface area (Å²) in [7, 11) is -3.75. The quantitative estimate of drug-likeness (QED) is 0.506. The average molecular weight is 490 g/mol. The van der Waals surface area contributed by atoms with Crippen LogP contribution >= 0.6 is 15.9 Å². The summed E-state index contributed by atoms with van der Waals surface area (Å²) >= 11 is 3.30. The highest BCUT2D eigenvalue weighted by molar-refractivity contribution is 9.10. The summed E-state index contributed by atoms with van der Waals surface area (Å²) in [6, 6.07) is 18.2. The van der Waals surface area contributed by atoms with Gasteiger partial charge in [-0.25, -0.2) is 13.2 Å². The van der Waals surface area contributed by atoms with Crippen molar-refractivity contribution in [2.45, 2.75) is 11.5 Å². The first-order valence-electron chi connectivity index (χ1n) is 9.48. The van der Waals surface area contributed by atoms with Crippen molar-refractivity contribution in [3.63, 3.8) is 0 Å². The Labute approximate surface area is 183 Å². The SMILES string of the molecule is O=C(OCc1cccc2ccccc12)c1ccc(Br)c(S(=O)(=O)N2CCOCC2)c1. The van der Waals surface area contributed by atoms with Crippen LogP contribution in [0.5, 0.6) is 0 Å². The number of hydrogen-bond acceptors (Lipinski definition) is 5. The molecule has 0 unspecified atom stereocenters. The van der Waals surface area contributed by atoms with Gasteiger partial charge in [0.25, 0.3) is 0 Å². The fraction of sp³-hybridized carbons (Fsp3) is 0.227. The zero-order valence-electron chi connectivity index (χ0n) is 16.1. The second-order valence-corrected chi connectivity index (χ2v) is 9.64. The Hall–Kier alpha value is -2.26. The number of hydrogen-bond donors (Lipinski definition) is 0. The van der Waals surface area contributed by atoms with E-state index in [2.05, 4.69) is 15.9 Å². The van der Waals surface area contributed by atoms with Gasteiger partial charge >= 0.3 is 5.97 Å². The largest absolute Gasteiger partial charge is 0.457 e. The van der Waals surface area contributed by atoms with Crippen LogP contribution in [0.15, 0.2) is 70.0 Å². The summed E-state index contributed by atoms with van der Waals surface area (Å²) in [6.45, 7) is 1.37. The number of morpholine rings is 1. The monoisotopic (exact) mass is 489 g/mol. The predicted molar refractivity (Wildman–Crippen MR) is 117 cm³/mol. The lowest BCUT2D eigenvalue weighted by atomic mass is 10.1. The Bertz CT molecular complexity index is 1180. The Morgan fingerprint density at radius 3 is 2.57 bits per heavy atom. The van der Waals surface area contributed by atoms with E-state index < -0.39 is 16.0 Å². The van der Waals surface area contributed by atoms with Crippen LogP contribution in [-0.2, 0) is 26.1 Å². The van der Waals surface area contributed by atoms with Gasteiger partial charge in [0, 0.05) is 17.6 Å². The maximum atomic E-state index is 13.0. The summed E-state index contributed by atoms with van der Waals surface area (Å²) in [5, 5.41) is 2.08. The van der Waals surface area contributed by atoms with E-state index in [0.717, 1.165) is 16.3 Å². The van der Waals surface area contributed by atoms with Crippen molar-refractivity contribution < 1.29 is 22.7 Å². The molecule has 1 heterocycles. The molecule has 1 fully saturated rings. The fourth-order valence-electron chi connectivity index (χ4n) is 3.40. The number of esters is 1. The molecule has 0 bridgehead atoms. The topological polar surface area (TPSA) is 72.9 Å². The molecule has 3 aromatic carbocycles. The Morgan fingerprint density at radius 2 is 1.77 bits per heavy atom. The second-order valence-electron chi connectivity index (χ2n) is 6.88. The zero-order valence-corrected chi connectivity index (χ0v) is 18.5. The van der Waals surface area contributed by atoms with Crippen molar-refractivity contribution in [3.8, 4) is 0 Å². The maximum absolute atomic E-state index is 13.0. The van der Waals surface area contributed by atoms with Gasteiger partial charge in [-0.2, -0.15) is 4.31 Å². The molecule has 0 radical (unpaired) electrons. The molecule has 0 atom stereocenters. The summed E-state index contributed by atoms with van der Waals surface area (Å²) in [5.74, 6) is -0.575. The molecule has 1 aliphatic heterocycles. The Balaban J connectivity index is 1.55. The van der Waals surface area contributed by atoms with Crippen LogP contribution in [0, 0.1) is 0 Å². The minimum Gasteiger partial charge on any atom is -0.457 e. The maximum Gasteiger partial charge on any atom is 0.338 e. The minimum atomic E-state index is -3.75. The van der Waals surface area contributed by atoms with Gasteiger partial charge in [0.05, 0.1) is 23.7 Å². The number of ether oxygens (including phenoxy) is 2. The number of sulfonamides is 1. The highest BCUT2D eigenvalue weighted by Gasteiger charge is 2.29. The number of carbonyl (C=O) groups excluding carboxylic acids is 1. The molecular formula is C22H20BrNO5S. The molecule has 0 saturated carbocycles. The summed E-state index contributed by atoms with van der Waals surface area (Å²) in [6.07, 6.45) is 0. The first kappa shape index (κ1) is 21.0. The Kier molecular flexibility index (Phi) is 6.19. The van der Waals surface area contributed by atoms with Crippen LogP contribution in [0.4, 0.5) is 0 Å². The van der Waals surface area contributed by atoms with Gasteiger partial charge in [-0.3, -0.25) is 0 Å². The molecule has 6 nitrogen and oxygen atoms in total. The molecular weight excluding hydrogens is 470 g/mol. The third-order valence-electron chi connectivity index (χ3n) is 4.99. The van der Waals surface area contributed by atoms with Crippen LogP contribution in [0.25, 0.3) is 10.8 Å². The molecule has 0 spiro atoms. The third-order valence-corrected chi connectivity index (χ3v) is 7.89. The standard InChI is InChI=1S/C22H20BrNO5S/c23-20-9-8-17(14-21(20)30(26,27)24-10-12-28-13-11-24)22(25)29-15-18-6-3-5-16-4-1-2-7-19(16)18/h1-9,14H,10-13,15H2. The predicted octanol–water partition coefficient (Wildman–Crippen LogP) is 3.98. The van der Waals surface area contributed by atoms with Crippen LogP contribution < -0.4 is 0 Å². The van der Waals surface area contributed by atoms with E-state index in [1.54, 1.807) is 12.1 Å². The molecule has 0 N–H and O–H groups in total. The molecule has 0 aromatic heterocycles. The third kappa shape index (κ3) is 4.27. The van der Waals surface area contributed by atoms with Gasteiger partial charge in [0.1, 0.15) is 6.61 Å². The first-order chi connectivity index (χ1) is 14.5. The molecule has 1 saturated heterocycles. The second kappa shape index (κ2) is 8.85. The van der Waals surface area contributed by atoms with E-state index in [4.69, 9.17) is 9.47 Å². The number of benzene rings is 3. The van der Waals surface area contributed by atoms with Crippen molar-refractivity contribution in [2.24, 2.45) is 0 Å². The Morgan fingerprint density at radius 1 is 1.03 bits per heavy atom. The van der Waals surface area contributed by atoms with E-state index >= 15 is 0 Å². The minimum absolute atomic E-state index is 0.0454. The smallest absolute Gasteiger partial charge is 0.338 e. The van der Waals surface area contributed by atoms with Crippen molar-refractivity contribution in [1.29, 1.82) is 0 Å². The van der Waals surface area contributed by atoms with Gasteiger partial charge < -0.3 is 9.47 Å². The molecule has 4 rings (SSSR count). The first-order valence-corrected chi connectivity index (χ1v) is 11.7. The molecule has 156 valence electrons. The highest BCUT2D eigenvalue weighted by atomic mass is 79.9. The summed E-state index contributed by atoms with van der Waals surface area (Å²) < 4.78 is 38.5. The van der Waals surface area contributed by atoms with Crippen LogP contribution in [0.2, 0.25) is 0 Å². The van der Waals surface area contributed by atoms with Crippen LogP contribution in [0.1, 0.15) is 15.9 Å². The molecule has 8 heteroatoms. The fourth-order valence-corrected chi connectivity index (χ4v) is 5.76. The zero-order chi connectivity index (χ0) is 21.1. The molecule has 30 heavy (non-hydrogen) atoms. The summed E-state index contributed by atoms with van der Waals surface area (Å²) in [5.41, 5.74) is 1.07. The van der Waals surface area contributed by atoms with Crippen molar-refractivity contribution >= 4 is 42.7 Å². The molecule has 0 aliphatic carbocycles. The molecule has 0 amide bonds. The lowest BCUT2D eigenvalue weighted by molar-refractivity contribution is 0.0474. The average Bonchev–Trinajstić information content (AvgIpc) is 2.78. The lowest BCUT2D eigenvalue weighted by Gasteiger charge is -2.26. The van der Waals surface area contributed by atoms with E-state index in [1.807, 2.05) is 42.5 Å². The van der Waals surface area contributed by atoms with E-state index in [1.165, 1.54) is 10.4 Å². The summed E-state index contributed by atoms with van der Waals surface area (Å²) in [4.78, 5) is 12.7. The number of rotatable bonds is 5. The van der Waals surface area contributed by atoms with E-state index in [-0.39, 0.29) is 30.2 Å². The number of carbonyl (C=O) groups is 1. The number of halogens is 1. The van der Waals surface area contributed by atoms with Gasteiger partial charge in [-0.05, 0) is 50.5 Å². The molecule has 1 aliphatic rings. The van der Waals surface area contributed by atoms with E-state index in [0.29, 0.717) is 17.7 Å². The van der Waals surface area contributed by atoms with Crippen molar-refractivity contribution in [3.05, 3.63) is 76.3 Å². The number of fused-ring (bicyclic) bond motifs is 1. The van der Waals surface area contributed by atoms with Crippen LogP contribution in [-0.4, -0.2) is 45.0 Å². The van der Waals surface area contributed by atoms with Crippen molar-refractivity contribution in [2.75, 3.05) is 26.3 Å². The van der Waals surface area contributed by atoms with E-state index in [9.17, 15) is 13.2 Å². The van der Waals surface area contributed by atoms with Gasteiger partial charge in [-0.15, -0.1) is 0 Å². The highest BCUT2D eigenvalue weighted by Crippen LogP contribution is 2.27. The van der Waals surface area contributed by atoms with Gasteiger partial charge in [0.15, 0.2) is 0 Å². The van der Waals surface area contributed by atoms with Crippen LogP contribution in [0.3, 0.4) is 0 Å². The van der Waals surface area contributed by atoms with Crippen molar-refractivity contribution in [1.82, 2.24) is 4.31 Å². The number of nitrogens with zero attached hydrogens (tertiary/aromatic N) is 1. The van der Waals surface area contributed by atoms with Gasteiger partial charge in [0.2, 0.25) is 10.0 Å².